The SMILES string of the molecule is CC(C)(C)c1ccc(C2SCCN2C(=O)CCc2ccccc2)cc1. The first kappa shape index (κ1) is 18.1. The molecule has 1 unspecified atom stereocenters. The lowest BCUT2D eigenvalue weighted by atomic mass is 9.86. The van der Waals surface area contributed by atoms with Crippen molar-refractivity contribution in [1.82, 2.24) is 4.90 Å². The van der Waals surface area contributed by atoms with Gasteiger partial charge in [-0.2, -0.15) is 0 Å². The second-order valence-corrected chi connectivity index (χ2v) is 8.86. The normalized spacial score (nSPS) is 17.7. The first-order valence-corrected chi connectivity index (χ1v) is 10.1. The first-order chi connectivity index (χ1) is 11.9. The summed E-state index contributed by atoms with van der Waals surface area (Å²) in [5, 5.41) is 0.164. The van der Waals surface area contributed by atoms with Crippen LogP contribution in [0.15, 0.2) is 54.6 Å². The second-order valence-electron chi connectivity index (χ2n) is 7.67. The van der Waals surface area contributed by atoms with Gasteiger partial charge in [-0.3, -0.25) is 4.79 Å². The van der Waals surface area contributed by atoms with Crippen LogP contribution in [0.1, 0.15) is 49.3 Å². The molecule has 1 fully saturated rings. The standard InChI is InChI=1S/C22H27NOS/c1-22(2,3)19-12-10-18(11-13-19)21-23(15-16-25-21)20(24)14-9-17-7-5-4-6-8-17/h4-8,10-13,21H,9,14-16H2,1-3H3. The number of rotatable bonds is 4. The van der Waals surface area contributed by atoms with E-state index in [9.17, 15) is 4.79 Å². The Morgan fingerprint density at radius 3 is 2.40 bits per heavy atom. The van der Waals surface area contributed by atoms with Gasteiger partial charge in [0.2, 0.25) is 5.91 Å². The van der Waals surface area contributed by atoms with Crippen molar-refractivity contribution in [3.05, 3.63) is 71.3 Å². The molecule has 25 heavy (non-hydrogen) atoms. The van der Waals surface area contributed by atoms with E-state index in [2.05, 4.69) is 62.1 Å². The molecule has 3 rings (SSSR count). The number of carbonyl (C=O) groups excluding carboxylic acids is 1. The van der Waals surface area contributed by atoms with Crippen LogP contribution in [0.4, 0.5) is 0 Å². The highest BCUT2D eigenvalue weighted by Gasteiger charge is 2.30. The lowest BCUT2D eigenvalue weighted by Crippen LogP contribution is -2.30. The number of hydrogen-bond acceptors (Lipinski definition) is 2. The quantitative estimate of drug-likeness (QED) is 0.754. The maximum Gasteiger partial charge on any atom is 0.224 e. The minimum absolute atomic E-state index is 0.159. The molecule has 1 amide bonds. The van der Waals surface area contributed by atoms with Gasteiger partial charge in [-0.1, -0.05) is 75.4 Å². The second kappa shape index (κ2) is 7.65. The van der Waals surface area contributed by atoms with Gasteiger partial charge in [0, 0.05) is 18.7 Å². The molecule has 0 aliphatic carbocycles. The van der Waals surface area contributed by atoms with E-state index in [1.807, 2.05) is 30.0 Å². The molecule has 0 N–H and O–H groups in total. The number of carbonyl (C=O) groups is 1. The van der Waals surface area contributed by atoms with Crippen LogP contribution in [-0.2, 0) is 16.6 Å². The van der Waals surface area contributed by atoms with E-state index in [0.29, 0.717) is 6.42 Å². The molecule has 2 aromatic carbocycles. The van der Waals surface area contributed by atoms with Crippen LogP contribution in [0.2, 0.25) is 0 Å². The summed E-state index contributed by atoms with van der Waals surface area (Å²) in [5.74, 6) is 1.28. The van der Waals surface area contributed by atoms with Gasteiger partial charge in [0.25, 0.3) is 0 Å². The first-order valence-electron chi connectivity index (χ1n) is 9.00. The van der Waals surface area contributed by atoms with E-state index in [1.165, 1.54) is 16.7 Å². The Hall–Kier alpha value is -1.74. The summed E-state index contributed by atoms with van der Waals surface area (Å²) in [4.78, 5) is 14.8. The molecule has 0 radical (unpaired) electrons. The van der Waals surface area contributed by atoms with E-state index in [4.69, 9.17) is 0 Å². The largest absolute Gasteiger partial charge is 0.326 e. The fourth-order valence-electron chi connectivity index (χ4n) is 3.19. The number of amides is 1. The highest BCUT2D eigenvalue weighted by Crippen LogP contribution is 2.39. The molecular formula is C22H27NOS. The maximum atomic E-state index is 12.7. The highest BCUT2D eigenvalue weighted by molar-refractivity contribution is 7.99. The zero-order valence-corrected chi connectivity index (χ0v) is 16.2. The molecule has 3 heteroatoms. The molecule has 2 nitrogen and oxygen atoms in total. The minimum Gasteiger partial charge on any atom is -0.326 e. The molecule has 1 heterocycles. The third-order valence-electron chi connectivity index (χ3n) is 4.74. The molecule has 2 aromatic rings. The molecular weight excluding hydrogens is 326 g/mol. The third kappa shape index (κ3) is 4.46. The van der Waals surface area contributed by atoms with Gasteiger partial charge >= 0.3 is 0 Å². The van der Waals surface area contributed by atoms with Crippen molar-refractivity contribution < 1.29 is 4.79 Å². The average molecular weight is 354 g/mol. The van der Waals surface area contributed by atoms with Crippen LogP contribution >= 0.6 is 11.8 Å². The van der Waals surface area contributed by atoms with Gasteiger partial charge in [0.05, 0.1) is 0 Å². The van der Waals surface area contributed by atoms with Crippen molar-refractivity contribution >= 4 is 17.7 Å². The Kier molecular flexibility index (Phi) is 5.53. The summed E-state index contributed by atoms with van der Waals surface area (Å²) in [6.07, 6.45) is 1.40. The maximum absolute atomic E-state index is 12.7. The van der Waals surface area contributed by atoms with E-state index < -0.39 is 0 Å². The highest BCUT2D eigenvalue weighted by atomic mass is 32.2. The molecule has 0 bridgehead atoms. The zero-order chi connectivity index (χ0) is 17.9. The van der Waals surface area contributed by atoms with Crippen LogP contribution in [0.5, 0.6) is 0 Å². The van der Waals surface area contributed by atoms with Gasteiger partial charge in [-0.25, -0.2) is 0 Å². The summed E-state index contributed by atoms with van der Waals surface area (Å²) < 4.78 is 0. The smallest absolute Gasteiger partial charge is 0.224 e. The lowest BCUT2D eigenvalue weighted by Gasteiger charge is -2.25. The number of nitrogens with zero attached hydrogens (tertiary/aromatic N) is 1. The number of aryl methyl sites for hydroxylation is 1. The van der Waals surface area contributed by atoms with Crippen molar-refractivity contribution in [2.75, 3.05) is 12.3 Å². The van der Waals surface area contributed by atoms with Crippen LogP contribution in [-0.4, -0.2) is 23.1 Å². The van der Waals surface area contributed by atoms with Crippen molar-refractivity contribution in [2.45, 2.75) is 44.4 Å². The molecule has 0 spiro atoms. The summed E-state index contributed by atoms with van der Waals surface area (Å²) in [6.45, 7) is 7.53. The van der Waals surface area contributed by atoms with E-state index in [0.717, 1.165) is 18.7 Å². The zero-order valence-electron chi connectivity index (χ0n) is 15.4. The fourth-order valence-corrected chi connectivity index (χ4v) is 4.47. The van der Waals surface area contributed by atoms with E-state index in [-0.39, 0.29) is 16.7 Å². The predicted octanol–water partition coefficient (Wildman–Crippen LogP) is 5.19. The summed E-state index contributed by atoms with van der Waals surface area (Å²) >= 11 is 1.87. The Morgan fingerprint density at radius 2 is 1.76 bits per heavy atom. The van der Waals surface area contributed by atoms with Gasteiger partial charge in [-0.15, -0.1) is 11.8 Å². The predicted molar refractivity (Wildman–Crippen MR) is 107 cm³/mol. The summed E-state index contributed by atoms with van der Waals surface area (Å²) in [7, 11) is 0. The topological polar surface area (TPSA) is 20.3 Å². The third-order valence-corrected chi connectivity index (χ3v) is 6.00. The molecule has 1 saturated heterocycles. The lowest BCUT2D eigenvalue weighted by molar-refractivity contribution is -0.131. The summed E-state index contributed by atoms with van der Waals surface area (Å²) in [6, 6.07) is 19.1. The average Bonchev–Trinajstić information content (AvgIpc) is 3.10. The molecule has 1 atom stereocenters. The van der Waals surface area contributed by atoms with Crippen molar-refractivity contribution in [2.24, 2.45) is 0 Å². The van der Waals surface area contributed by atoms with Gasteiger partial charge in [-0.05, 0) is 28.5 Å². The number of thioether (sulfide) groups is 1. The van der Waals surface area contributed by atoms with Crippen LogP contribution in [0.25, 0.3) is 0 Å². The van der Waals surface area contributed by atoms with Crippen molar-refractivity contribution in [3.63, 3.8) is 0 Å². The number of hydrogen-bond donors (Lipinski definition) is 0. The van der Waals surface area contributed by atoms with Crippen molar-refractivity contribution in [3.8, 4) is 0 Å². The number of benzene rings is 2. The van der Waals surface area contributed by atoms with Gasteiger partial charge in [0.1, 0.15) is 5.37 Å². The Morgan fingerprint density at radius 1 is 1.08 bits per heavy atom. The fraction of sp³-hybridized carbons (Fsp3) is 0.409. The molecule has 0 aromatic heterocycles. The molecule has 132 valence electrons. The molecule has 1 aliphatic rings. The summed E-state index contributed by atoms with van der Waals surface area (Å²) in [5.41, 5.74) is 3.96. The van der Waals surface area contributed by atoms with E-state index in [1.54, 1.807) is 0 Å². The van der Waals surface area contributed by atoms with Crippen LogP contribution < -0.4 is 0 Å². The monoisotopic (exact) mass is 353 g/mol. The minimum atomic E-state index is 0.159. The molecule has 1 aliphatic heterocycles. The van der Waals surface area contributed by atoms with Gasteiger partial charge in [0.15, 0.2) is 0 Å². The molecule has 0 saturated carbocycles. The van der Waals surface area contributed by atoms with Crippen LogP contribution in [0.3, 0.4) is 0 Å². The Bertz CT molecular complexity index is 703. The Labute approximate surface area is 155 Å². The van der Waals surface area contributed by atoms with Crippen molar-refractivity contribution in [1.29, 1.82) is 0 Å². The van der Waals surface area contributed by atoms with Gasteiger partial charge < -0.3 is 4.90 Å². The Balaban J connectivity index is 1.66. The van der Waals surface area contributed by atoms with Crippen LogP contribution in [0, 0.1) is 0 Å². The van der Waals surface area contributed by atoms with E-state index >= 15 is 0 Å².